The zero-order valence-electron chi connectivity index (χ0n) is 10.4. The molecule has 16 heavy (non-hydrogen) atoms. The van der Waals surface area contributed by atoms with E-state index in [0.29, 0.717) is 6.04 Å². The number of aromatic nitrogens is 2. The number of hydrogen-bond donors (Lipinski definition) is 1. The van der Waals surface area contributed by atoms with Crippen LogP contribution in [0.4, 0.5) is 0 Å². The van der Waals surface area contributed by atoms with Gasteiger partial charge >= 0.3 is 0 Å². The van der Waals surface area contributed by atoms with E-state index in [9.17, 15) is 0 Å². The minimum Gasteiger partial charge on any atom is -0.336 e. The molecule has 3 heteroatoms. The van der Waals surface area contributed by atoms with Crippen LogP contribution in [0.2, 0.25) is 0 Å². The van der Waals surface area contributed by atoms with Gasteiger partial charge in [-0.2, -0.15) is 0 Å². The molecule has 3 atom stereocenters. The molecule has 1 fully saturated rings. The third kappa shape index (κ3) is 3.08. The summed E-state index contributed by atoms with van der Waals surface area (Å²) in [6.07, 6.45) is 9.87. The molecule has 3 nitrogen and oxygen atoms in total. The van der Waals surface area contributed by atoms with Crippen molar-refractivity contribution in [3.05, 3.63) is 18.7 Å². The van der Waals surface area contributed by atoms with Crippen LogP contribution in [0.15, 0.2) is 18.7 Å². The van der Waals surface area contributed by atoms with E-state index in [0.717, 1.165) is 24.9 Å². The second-order valence-electron chi connectivity index (χ2n) is 5.26. The zero-order chi connectivity index (χ0) is 11.4. The van der Waals surface area contributed by atoms with Crippen molar-refractivity contribution in [1.29, 1.82) is 0 Å². The summed E-state index contributed by atoms with van der Waals surface area (Å²) in [4.78, 5) is 4.05. The van der Waals surface area contributed by atoms with Gasteiger partial charge in [-0.3, -0.25) is 0 Å². The van der Waals surface area contributed by atoms with Crippen molar-refractivity contribution in [1.82, 2.24) is 14.9 Å². The van der Waals surface area contributed by atoms with E-state index in [4.69, 9.17) is 0 Å². The van der Waals surface area contributed by atoms with Gasteiger partial charge in [-0.25, -0.2) is 4.98 Å². The van der Waals surface area contributed by atoms with Crippen LogP contribution < -0.4 is 5.32 Å². The maximum atomic E-state index is 4.05. The van der Waals surface area contributed by atoms with Gasteiger partial charge in [0.15, 0.2) is 0 Å². The molecule has 2 rings (SSSR count). The van der Waals surface area contributed by atoms with Crippen molar-refractivity contribution in [2.75, 3.05) is 6.54 Å². The highest BCUT2D eigenvalue weighted by Crippen LogP contribution is 2.28. The molecule has 1 aromatic heterocycles. The largest absolute Gasteiger partial charge is 0.336 e. The van der Waals surface area contributed by atoms with E-state index in [-0.39, 0.29) is 0 Å². The fraction of sp³-hybridized carbons (Fsp3) is 0.769. The third-order valence-electron chi connectivity index (χ3n) is 3.79. The first kappa shape index (κ1) is 11.6. The van der Waals surface area contributed by atoms with Gasteiger partial charge in [0.05, 0.1) is 6.33 Å². The second-order valence-corrected chi connectivity index (χ2v) is 5.26. The molecule has 0 saturated heterocycles. The Morgan fingerprint density at radius 3 is 3.00 bits per heavy atom. The monoisotopic (exact) mass is 221 g/mol. The molecule has 1 N–H and O–H groups in total. The number of nitrogens with zero attached hydrogens (tertiary/aromatic N) is 2. The summed E-state index contributed by atoms with van der Waals surface area (Å²) in [6, 6.07) is 0.715. The normalized spacial score (nSPS) is 30.5. The smallest absolute Gasteiger partial charge is 0.0946 e. The molecule has 1 saturated carbocycles. The zero-order valence-corrected chi connectivity index (χ0v) is 10.4. The Bertz CT molecular complexity index is 294. The summed E-state index contributed by atoms with van der Waals surface area (Å²) in [6.45, 7) is 6.83. The molecular weight excluding hydrogens is 198 g/mol. The van der Waals surface area contributed by atoms with Crippen LogP contribution in [0, 0.1) is 11.8 Å². The van der Waals surface area contributed by atoms with E-state index in [2.05, 4.69) is 28.7 Å². The van der Waals surface area contributed by atoms with Crippen molar-refractivity contribution in [3.8, 4) is 0 Å². The lowest BCUT2D eigenvalue weighted by atomic mass is 9.80. The summed E-state index contributed by atoms with van der Waals surface area (Å²) in [7, 11) is 0. The van der Waals surface area contributed by atoms with Crippen molar-refractivity contribution >= 4 is 0 Å². The Hall–Kier alpha value is -0.830. The summed E-state index contributed by atoms with van der Waals surface area (Å²) >= 11 is 0. The average Bonchev–Trinajstić information content (AvgIpc) is 2.76. The predicted molar refractivity (Wildman–Crippen MR) is 66.2 cm³/mol. The number of nitrogens with one attached hydrogen (secondary N) is 1. The quantitative estimate of drug-likeness (QED) is 0.845. The van der Waals surface area contributed by atoms with Crippen molar-refractivity contribution < 1.29 is 0 Å². The Kier molecular flexibility index (Phi) is 3.99. The maximum Gasteiger partial charge on any atom is 0.0946 e. The Balaban J connectivity index is 1.72. The fourth-order valence-corrected chi connectivity index (χ4v) is 2.61. The molecule has 0 amide bonds. The fourth-order valence-electron chi connectivity index (χ4n) is 2.61. The van der Waals surface area contributed by atoms with Gasteiger partial charge in [0.2, 0.25) is 0 Å². The van der Waals surface area contributed by atoms with Gasteiger partial charge in [-0.1, -0.05) is 20.3 Å². The second kappa shape index (κ2) is 5.48. The van der Waals surface area contributed by atoms with Crippen LogP contribution in [0.25, 0.3) is 0 Å². The van der Waals surface area contributed by atoms with E-state index >= 15 is 0 Å². The molecule has 3 unspecified atom stereocenters. The molecule has 0 bridgehead atoms. The standard InChI is InChI=1S/C13H23N3/c1-11-3-4-12(2)13(9-11)15-6-8-16-7-5-14-10-16/h5,7,10-13,15H,3-4,6,8-9H2,1-2H3. The van der Waals surface area contributed by atoms with Crippen molar-refractivity contribution in [3.63, 3.8) is 0 Å². The van der Waals surface area contributed by atoms with Crippen LogP contribution in [0.3, 0.4) is 0 Å². The number of hydrogen-bond acceptors (Lipinski definition) is 2. The molecular formula is C13H23N3. The predicted octanol–water partition coefficient (Wildman–Crippen LogP) is 2.30. The van der Waals surface area contributed by atoms with E-state index < -0.39 is 0 Å². The molecule has 0 aromatic carbocycles. The molecule has 0 aliphatic heterocycles. The van der Waals surface area contributed by atoms with Crippen LogP contribution in [-0.4, -0.2) is 22.1 Å². The topological polar surface area (TPSA) is 29.9 Å². The van der Waals surface area contributed by atoms with Gasteiger partial charge in [-0.15, -0.1) is 0 Å². The lowest BCUT2D eigenvalue weighted by molar-refractivity contribution is 0.227. The SMILES string of the molecule is CC1CCC(C)C(NCCn2ccnc2)C1. The molecule has 0 radical (unpaired) electrons. The first-order valence-corrected chi connectivity index (χ1v) is 6.45. The molecule has 0 spiro atoms. The minimum absolute atomic E-state index is 0.715. The first-order valence-electron chi connectivity index (χ1n) is 6.45. The third-order valence-corrected chi connectivity index (χ3v) is 3.79. The van der Waals surface area contributed by atoms with Crippen LogP contribution in [-0.2, 0) is 6.54 Å². The highest BCUT2D eigenvalue weighted by molar-refractivity contribution is 4.81. The van der Waals surface area contributed by atoms with Crippen LogP contribution in [0.1, 0.15) is 33.1 Å². The van der Waals surface area contributed by atoms with E-state index in [1.807, 2.05) is 18.7 Å². The summed E-state index contributed by atoms with van der Waals surface area (Å²) in [5.41, 5.74) is 0. The van der Waals surface area contributed by atoms with E-state index in [1.54, 1.807) is 0 Å². The highest BCUT2D eigenvalue weighted by Gasteiger charge is 2.24. The Morgan fingerprint density at radius 1 is 1.38 bits per heavy atom. The van der Waals surface area contributed by atoms with Crippen molar-refractivity contribution in [2.45, 2.75) is 45.7 Å². The summed E-state index contributed by atoms with van der Waals surface area (Å²) < 4.78 is 2.13. The van der Waals surface area contributed by atoms with Crippen LogP contribution >= 0.6 is 0 Å². The van der Waals surface area contributed by atoms with Gasteiger partial charge in [0, 0.05) is 31.5 Å². The van der Waals surface area contributed by atoms with Gasteiger partial charge in [0.25, 0.3) is 0 Å². The molecule has 1 aliphatic rings. The average molecular weight is 221 g/mol. The first-order chi connectivity index (χ1) is 7.75. The molecule has 1 aliphatic carbocycles. The molecule has 1 aromatic rings. The van der Waals surface area contributed by atoms with Crippen LogP contribution in [0.5, 0.6) is 0 Å². The minimum atomic E-state index is 0.715. The Morgan fingerprint density at radius 2 is 2.25 bits per heavy atom. The van der Waals surface area contributed by atoms with Crippen molar-refractivity contribution in [2.24, 2.45) is 11.8 Å². The van der Waals surface area contributed by atoms with Gasteiger partial charge in [-0.05, 0) is 24.7 Å². The number of rotatable bonds is 4. The maximum absolute atomic E-state index is 4.05. The molecule has 1 heterocycles. The summed E-state index contributed by atoms with van der Waals surface area (Å²) in [5.74, 6) is 1.72. The summed E-state index contributed by atoms with van der Waals surface area (Å²) in [5, 5.41) is 3.69. The van der Waals surface area contributed by atoms with Gasteiger partial charge < -0.3 is 9.88 Å². The van der Waals surface area contributed by atoms with E-state index in [1.165, 1.54) is 19.3 Å². The van der Waals surface area contributed by atoms with Gasteiger partial charge in [0.1, 0.15) is 0 Å². The Labute approximate surface area is 98.3 Å². The number of imidazole rings is 1. The molecule has 90 valence electrons. The lowest BCUT2D eigenvalue weighted by Gasteiger charge is -2.33. The lowest BCUT2D eigenvalue weighted by Crippen LogP contribution is -2.40. The highest BCUT2D eigenvalue weighted by atomic mass is 15.0.